The first-order valence-electron chi connectivity index (χ1n) is 32.6. The number of hydrogen-bond donors (Lipinski definition) is 11. The van der Waals surface area contributed by atoms with Crippen molar-refractivity contribution in [3.05, 3.63) is 118 Å². The Morgan fingerprint density at radius 3 is 2.15 bits per heavy atom. The van der Waals surface area contributed by atoms with Gasteiger partial charge in [-0.15, -0.1) is 35.0 Å². The van der Waals surface area contributed by atoms with E-state index in [1.807, 2.05) is 0 Å². The molecule has 13 amide bonds. The van der Waals surface area contributed by atoms with Gasteiger partial charge in [-0.3, -0.25) is 63.1 Å². The predicted molar refractivity (Wildman–Crippen MR) is 379 cm³/mol. The lowest BCUT2D eigenvalue weighted by molar-refractivity contribution is -0.139. The Labute approximate surface area is 599 Å². The summed E-state index contributed by atoms with van der Waals surface area (Å²) in [7, 11) is 0. The van der Waals surface area contributed by atoms with E-state index in [9.17, 15) is 72.5 Å². The number of nitrogens with one attached hydrogen (secondary N) is 8. The van der Waals surface area contributed by atoms with Gasteiger partial charge in [0.1, 0.15) is 29.1 Å². The third-order valence-electron chi connectivity index (χ3n) is 16.3. The summed E-state index contributed by atoms with van der Waals surface area (Å²) in [5.41, 5.74) is 6.20. The molecule has 0 aliphatic carbocycles. The minimum Gasteiger partial charge on any atom is -0.444 e. The SMILES string of the molecule is C.Cc1cc(=O)oc2cc(NC(=O)OCc3ccc(NC(=O)C(CCCNC(N)=O)NC(=O)C(NC(=O)CCCCCNC(=O)C(C)(Cl)CC(C)(CC(Cl)c4cccc(C(=O)NCCSC5CC(=O)N(CCOCCN6C(=O)C=CC6=O)C5=O)c4)C(=O)NCC(O)CO)C(C)C)cc3)ccc12. The van der Waals surface area contributed by atoms with E-state index in [1.54, 1.807) is 88.4 Å². The van der Waals surface area contributed by atoms with E-state index in [4.69, 9.17) is 42.8 Å². The summed E-state index contributed by atoms with van der Waals surface area (Å²) in [4.78, 5) is 168. The van der Waals surface area contributed by atoms with Crippen molar-refractivity contribution >= 4 is 129 Å². The zero-order valence-corrected chi connectivity index (χ0v) is 58.6. The highest BCUT2D eigenvalue weighted by Gasteiger charge is 2.45. The monoisotopic (exact) mass is 1460 g/mol. The summed E-state index contributed by atoms with van der Waals surface area (Å²) in [5, 5.41) is 40.2. The van der Waals surface area contributed by atoms with Crippen LogP contribution in [0.2, 0.25) is 0 Å². The molecule has 101 heavy (non-hydrogen) atoms. The quantitative estimate of drug-likeness (QED) is 0.0122. The molecule has 550 valence electrons. The molecule has 0 spiro atoms. The Morgan fingerprint density at radius 2 is 1.47 bits per heavy atom. The number of nitrogens with zero attached hydrogens (tertiary/aromatic N) is 2. The number of ether oxygens (including phenoxy) is 2. The molecular formula is C69H91Cl2N11O18S. The van der Waals surface area contributed by atoms with Crippen LogP contribution >= 0.6 is 35.0 Å². The lowest BCUT2D eigenvalue weighted by Crippen LogP contribution is -2.54. The number of aliphatic hydroxyl groups is 2. The van der Waals surface area contributed by atoms with Gasteiger partial charge in [-0.1, -0.05) is 58.9 Å². The largest absolute Gasteiger partial charge is 0.444 e. The molecule has 12 N–H and O–H groups in total. The number of imide groups is 2. The van der Waals surface area contributed by atoms with Crippen molar-refractivity contribution in [1.29, 1.82) is 0 Å². The lowest BCUT2D eigenvalue weighted by atomic mass is 9.75. The maximum Gasteiger partial charge on any atom is 0.411 e. The van der Waals surface area contributed by atoms with Gasteiger partial charge in [-0.05, 0) is 111 Å². The number of hydrogen-bond acceptors (Lipinski definition) is 19. The van der Waals surface area contributed by atoms with Crippen LogP contribution in [0.3, 0.4) is 0 Å². The summed E-state index contributed by atoms with van der Waals surface area (Å²) in [6, 6.07) is 16.0. The summed E-state index contributed by atoms with van der Waals surface area (Å²) < 4.78 is 16.1. The van der Waals surface area contributed by atoms with Crippen LogP contribution in [0.5, 0.6) is 0 Å². The normalized spacial score (nSPS) is 15.9. The van der Waals surface area contributed by atoms with Crippen molar-refractivity contribution in [2.75, 3.05) is 75.5 Å². The number of unbranched alkanes of at least 4 members (excludes halogenated alkanes) is 2. The minimum atomic E-state index is -1.71. The number of primary amides is 1. The number of thioether (sulfide) groups is 1. The Kier molecular flexibility index (Phi) is 32.7. The highest BCUT2D eigenvalue weighted by atomic mass is 35.5. The number of carbonyl (C=O) groups excluding carboxylic acids is 12. The number of nitrogens with two attached hydrogens (primary N) is 1. The van der Waals surface area contributed by atoms with Crippen molar-refractivity contribution in [2.24, 2.45) is 17.1 Å². The number of halogens is 2. The molecule has 1 fully saturated rings. The second-order valence-electron chi connectivity index (χ2n) is 25.0. The number of carbonyl (C=O) groups is 12. The molecule has 4 aromatic rings. The molecular weight excluding hydrogens is 1370 g/mol. The van der Waals surface area contributed by atoms with Crippen LogP contribution in [0, 0.1) is 18.3 Å². The van der Waals surface area contributed by atoms with Gasteiger partial charge < -0.3 is 67.1 Å². The van der Waals surface area contributed by atoms with Gasteiger partial charge in [0.05, 0.1) is 55.1 Å². The molecule has 3 aromatic carbocycles. The third kappa shape index (κ3) is 25.9. The van der Waals surface area contributed by atoms with E-state index in [0.29, 0.717) is 58.5 Å². The van der Waals surface area contributed by atoms with Gasteiger partial charge in [0.15, 0.2) is 0 Å². The number of benzene rings is 3. The van der Waals surface area contributed by atoms with Crippen LogP contribution < -0.4 is 53.9 Å². The molecule has 6 rings (SSSR count). The highest BCUT2D eigenvalue weighted by molar-refractivity contribution is 8.00. The predicted octanol–water partition coefficient (Wildman–Crippen LogP) is 4.94. The van der Waals surface area contributed by atoms with Gasteiger partial charge in [0.25, 0.3) is 17.7 Å². The average Bonchev–Trinajstić information content (AvgIpc) is 1.50. The molecule has 1 saturated heterocycles. The number of likely N-dealkylation sites (tertiary alicyclic amines) is 1. The van der Waals surface area contributed by atoms with Gasteiger partial charge >= 0.3 is 17.7 Å². The number of alkyl halides is 2. The standard InChI is InChI=1S/C68H87Cl2N11O18S.CH4/c1-40(2)58(61(91)78-50(13-10-24-74-65(71)95)60(90)76-45-17-15-42(16-18-45)38-98-66(96)77-46-19-20-48-41(3)31-57(88)99-51(48)33-46)79-53(84)14-7-6-8-23-73-64(94)68(5,70)39-67(4,63(93)75-36-47(83)37-82)35-49(69)43-11-9-12-44(32-43)59(89)72-25-30-100-52-34-56(87)81(62(52)92)27-29-97-28-26-80-54(85)21-22-55(80)86;/h9,11-12,15-22,31-33,40,47,49-50,52,58,82-83H,6-8,10,13-14,23-30,34-39H2,1-5H3,(H,72,89)(H,73,94)(H,75,93)(H,76,90)(H,77,96)(H,78,91)(H,79,84)(H3,71,74,95);1H4. The summed E-state index contributed by atoms with van der Waals surface area (Å²) in [6.45, 7) is 7.56. The lowest BCUT2D eigenvalue weighted by Gasteiger charge is -2.36. The van der Waals surface area contributed by atoms with Crippen LogP contribution in [0.4, 0.5) is 21.0 Å². The van der Waals surface area contributed by atoms with Gasteiger partial charge in [-0.25, -0.2) is 14.4 Å². The van der Waals surface area contributed by atoms with Crippen molar-refractivity contribution in [3.63, 3.8) is 0 Å². The molecule has 32 heteroatoms. The average molecular weight is 1470 g/mol. The number of anilines is 2. The van der Waals surface area contributed by atoms with Crippen LogP contribution in [-0.2, 0) is 59.2 Å². The fourth-order valence-corrected chi connectivity index (χ4v) is 12.8. The Balaban J connectivity index is 0.0000184. The molecule has 2 aliphatic heterocycles. The fourth-order valence-electron chi connectivity index (χ4n) is 10.9. The van der Waals surface area contributed by atoms with Crippen molar-refractivity contribution in [3.8, 4) is 0 Å². The van der Waals surface area contributed by atoms with E-state index in [1.165, 1.54) is 30.8 Å². The van der Waals surface area contributed by atoms with Crippen LogP contribution in [0.1, 0.15) is 125 Å². The molecule has 29 nitrogen and oxygen atoms in total. The van der Waals surface area contributed by atoms with Crippen molar-refractivity contribution in [1.82, 2.24) is 41.7 Å². The maximum absolute atomic E-state index is 14.0. The molecule has 2 aliphatic rings. The molecule has 0 bridgehead atoms. The molecule has 0 radical (unpaired) electrons. The van der Waals surface area contributed by atoms with Crippen molar-refractivity contribution in [2.45, 2.75) is 140 Å². The minimum absolute atomic E-state index is 0. The molecule has 3 heterocycles. The van der Waals surface area contributed by atoms with Gasteiger partial charge in [0, 0.05) is 91.4 Å². The number of rotatable bonds is 40. The molecule has 0 saturated carbocycles. The zero-order chi connectivity index (χ0) is 73.3. The number of urea groups is 1. The Bertz CT molecular complexity index is 3690. The number of amides is 13. The Hall–Kier alpha value is -8.94. The van der Waals surface area contributed by atoms with E-state index in [0.717, 1.165) is 27.5 Å². The van der Waals surface area contributed by atoms with Gasteiger partial charge in [0.2, 0.25) is 41.4 Å². The second kappa shape index (κ2) is 39.9. The van der Waals surface area contributed by atoms with E-state index in [-0.39, 0.29) is 117 Å². The van der Waals surface area contributed by atoms with E-state index < -0.39 is 123 Å². The first-order valence-corrected chi connectivity index (χ1v) is 34.5. The summed E-state index contributed by atoms with van der Waals surface area (Å²) in [6.07, 6.45) is 1.38. The van der Waals surface area contributed by atoms with Crippen molar-refractivity contribution < 1.29 is 81.6 Å². The van der Waals surface area contributed by atoms with Crippen LogP contribution in [0.15, 0.2) is 94.2 Å². The third-order valence-corrected chi connectivity index (χ3v) is 18.3. The second-order valence-corrected chi connectivity index (χ2v) is 27.6. The first-order chi connectivity index (χ1) is 47.5. The van der Waals surface area contributed by atoms with Gasteiger partial charge in [-0.2, -0.15) is 0 Å². The topological polar surface area (TPSA) is 423 Å². The number of aliphatic hydroxyl groups excluding tert-OH is 2. The van der Waals surface area contributed by atoms with E-state index in [2.05, 4.69) is 42.5 Å². The zero-order valence-electron chi connectivity index (χ0n) is 56.3. The Morgan fingerprint density at radius 1 is 0.782 bits per heavy atom. The first kappa shape index (κ1) is 82.7. The molecule has 7 unspecified atom stereocenters. The number of aryl methyl sites for hydroxylation is 1. The smallest absolute Gasteiger partial charge is 0.411 e. The molecule has 1 aromatic heterocycles. The van der Waals surface area contributed by atoms with Crippen LogP contribution in [-0.4, -0.2) is 184 Å². The summed E-state index contributed by atoms with van der Waals surface area (Å²) in [5.74, 6) is -5.17. The fraction of sp³-hybridized carbons (Fsp3) is 0.493. The van der Waals surface area contributed by atoms with Crippen LogP contribution in [0.25, 0.3) is 11.0 Å². The molecule has 7 atom stereocenters. The highest BCUT2D eigenvalue weighted by Crippen LogP contribution is 2.43. The van der Waals surface area contributed by atoms with E-state index >= 15 is 0 Å². The maximum atomic E-state index is 14.0. The number of fused-ring (bicyclic) bond motifs is 1. The summed E-state index contributed by atoms with van der Waals surface area (Å²) >= 11 is 15.2.